The van der Waals surface area contributed by atoms with Crippen molar-refractivity contribution in [2.45, 2.75) is 26.4 Å². The number of amides is 2. The maximum absolute atomic E-state index is 12.4. The lowest BCUT2D eigenvalue weighted by Crippen LogP contribution is -2.34. The molecule has 7 nitrogen and oxygen atoms in total. The fourth-order valence-electron chi connectivity index (χ4n) is 2.20. The van der Waals surface area contributed by atoms with E-state index in [9.17, 15) is 14.4 Å². The minimum atomic E-state index is -0.658. The molecule has 2 amide bonds. The first-order valence-corrected chi connectivity index (χ1v) is 9.78. The summed E-state index contributed by atoms with van der Waals surface area (Å²) in [7, 11) is 2.73. The Bertz CT molecular complexity index is 794. The summed E-state index contributed by atoms with van der Waals surface area (Å²) < 4.78 is 16.5. The first kappa shape index (κ1) is 21.3. The molecule has 0 unspecified atom stereocenters. The highest BCUT2D eigenvalue weighted by Crippen LogP contribution is 2.39. The molecule has 146 valence electrons. The minimum absolute atomic E-state index is 0.0101. The zero-order chi connectivity index (χ0) is 20.1. The molecule has 0 aliphatic carbocycles. The molecule has 0 saturated carbocycles. The molecule has 27 heavy (non-hydrogen) atoms. The molecule has 1 aliphatic heterocycles. The molecule has 0 spiro atoms. The van der Waals surface area contributed by atoms with E-state index in [1.807, 2.05) is 13.8 Å². The number of ether oxygens (including phenoxy) is 3. The third-order valence-corrected chi connectivity index (χ3v) is 5.33. The Kier molecular flexibility index (Phi) is 7.32. The van der Waals surface area contributed by atoms with Crippen molar-refractivity contribution in [3.8, 4) is 11.5 Å². The number of benzene rings is 1. The molecule has 0 radical (unpaired) electrons. The largest absolute Gasteiger partial charge is 0.493 e. The van der Waals surface area contributed by atoms with Crippen molar-refractivity contribution in [3.05, 3.63) is 27.1 Å². The van der Waals surface area contributed by atoms with E-state index in [2.05, 4.69) is 20.7 Å². The quantitative estimate of drug-likeness (QED) is 0.454. The number of nitrogens with zero attached hydrogens (tertiary/aromatic N) is 1. The lowest BCUT2D eigenvalue weighted by atomic mass is 10.1. The number of thioether (sulfide) groups is 1. The second-order valence-electron chi connectivity index (χ2n) is 5.71. The summed E-state index contributed by atoms with van der Waals surface area (Å²) in [6.45, 7) is 3.56. The van der Waals surface area contributed by atoms with Crippen molar-refractivity contribution in [2.24, 2.45) is 0 Å². The monoisotopic (exact) mass is 457 g/mol. The Morgan fingerprint density at radius 2 is 2.04 bits per heavy atom. The molecule has 2 rings (SSSR count). The van der Waals surface area contributed by atoms with Crippen molar-refractivity contribution in [1.82, 2.24) is 4.90 Å². The van der Waals surface area contributed by atoms with E-state index in [0.29, 0.717) is 21.5 Å². The molecule has 0 aromatic heterocycles. The van der Waals surface area contributed by atoms with Crippen molar-refractivity contribution in [1.29, 1.82) is 0 Å². The molecular formula is C18H20BrNO6S. The molecule has 9 heteroatoms. The van der Waals surface area contributed by atoms with Crippen LogP contribution in [0.15, 0.2) is 21.5 Å². The second kappa shape index (κ2) is 9.27. The molecule has 1 heterocycles. The zero-order valence-electron chi connectivity index (χ0n) is 15.4. The highest BCUT2D eigenvalue weighted by atomic mass is 79.9. The molecule has 1 aromatic carbocycles. The smallest absolute Gasteiger partial charge is 0.325 e. The van der Waals surface area contributed by atoms with Gasteiger partial charge in [-0.15, -0.1) is 0 Å². The highest BCUT2D eigenvalue weighted by molar-refractivity contribution is 9.10. The highest BCUT2D eigenvalue weighted by Gasteiger charge is 2.36. The van der Waals surface area contributed by atoms with Gasteiger partial charge in [-0.2, -0.15) is 0 Å². The molecule has 0 bridgehead atoms. The van der Waals surface area contributed by atoms with E-state index in [1.54, 1.807) is 18.2 Å². The molecule has 1 fully saturated rings. The SMILES string of the molecule is CC[C@@H](C)Oc1c(Br)cc(/C=C2/SC(=O)N(CC(=O)OC)C2=O)cc1OC. The predicted octanol–water partition coefficient (Wildman–Crippen LogP) is 3.84. The number of esters is 1. The lowest BCUT2D eigenvalue weighted by molar-refractivity contribution is -0.143. The fourth-order valence-corrected chi connectivity index (χ4v) is 3.59. The van der Waals surface area contributed by atoms with Gasteiger partial charge in [-0.1, -0.05) is 6.92 Å². The van der Waals surface area contributed by atoms with Gasteiger partial charge >= 0.3 is 5.97 Å². The van der Waals surface area contributed by atoms with Crippen LogP contribution in [-0.4, -0.2) is 48.9 Å². The van der Waals surface area contributed by atoms with Gasteiger partial charge in [-0.3, -0.25) is 19.3 Å². The van der Waals surface area contributed by atoms with Gasteiger partial charge in [0.2, 0.25) is 0 Å². The zero-order valence-corrected chi connectivity index (χ0v) is 17.8. The second-order valence-corrected chi connectivity index (χ2v) is 7.56. The van der Waals surface area contributed by atoms with Crippen LogP contribution in [0.5, 0.6) is 11.5 Å². The Labute approximate surface area is 170 Å². The first-order chi connectivity index (χ1) is 12.8. The summed E-state index contributed by atoms with van der Waals surface area (Å²) in [5.41, 5.74) is 0.652. The van der Waals surface area contributed by atoms with Crippen LogP contribution >= 0.6 is 27.7 Å². The lowest BCUT2D eigenvalue weighted by Gasteiger charge is -2.17. The van der Waals surface area contributed by atoms with Gasteiger partial charge in [0.1, 0.15) is 6.54 Å². The standard InChI is InChI=1S/C18H20BrNO6S/c1-5-10(2)26-16-12(19)6-11(7-13(16)24-3)8-14-17(22)20(18(23)27-14)9-15(21)25-4/h6-8,10H,5,9H2,1-4H3/b14-8+/t10-/m1/s1. The van der Waals surface area contributed by atoms with Gasteiger partial charge in [0.05, 0.1) is 29.7 Å². The maximum Gasteiger partial charge on any atom is 0.325 e. The Morgan fingerprint density at radius 1 is 1.33 bits per heavy atom. The van der Waals surface area contributed by atoms with Gasteiger partial charge in [0.15, 0.2) is 11.5 Å². The van der Waals surface area contributed by atoms with Gasteiger partial charge < -0.3 is 14.2 Å². The maximum atomic E-state index is 12.4. The summed E-state index contributed by atoms with van der Waals surface area (Å²) in [4.78, 5) is 36.8. The van der Waals surface area contributed by atoms with Crippen LogP contribution in [-0.2, 0) is 14.3 Å². The van der Waals surface area contributed by atoms with E-state index in [0.717, 1.165) is 23.1 Å². The van der Waals surface area contributed by atoms with E-state index in [1.165, 1.54) is 14.2 Å². The Morgan fingerprint density at radius 3 is 2.63 bits per heavy atom. The van der Waals surface area contributed by atoms with Gasteiger partial charge in [0.25, 0.3) is 11.1 Å². The number of rotatable bonds is 7. The summed E-state index contributed by atoms with van der Waals surface area (Å²) in [6.07, 6.45) is 2.42. The van der Waals surface area contributed by atoms with Crippen LogP contribution in [0.3, 0.4) is 0 Å². The Hall–Kier alpha value is -2.00. The number of halogens is 1. The van der Waals surface area contributed by atoms with Gasteiger partial charge in [-0.05, 0) is 64.8 Å². The van der Waals surface area contributed by atoms with Crippen molar-refractivity contribution < 1.29 is 28.6 Å². The number of imide groups is 1. The third-order valence-electron chi connectivity index (χ3n) is 3.83. The molecular weight excluding hydrogens is 438 g/mol. The summed E-state index contributed by atoms with van der Waals surface area (Å²) in [5.74, 6) is -0.118. The van der Waals surface area contributed by atoms with Crippen molar-refractivity contribution in [2.75, 3.05) is 20.8 Å². The van der Waals surface area contributed by atoms with Crippen LogP contribution in [0.25, 0.3) is 6.08 Å². The number of carbonyl (C=O) groups is 3. The fraction of sp³-hybridized carbons (Fsp3) is 0.389. The topological polar surface area (TPSA) is 82.1 Å². The van der Waals surface area contributed by atoms with E-state index in [-0.39, 0.29) is 11.0 Å². The number of carbonyl (C=O) groups excluding carboxylic acids is 3. The predicted molar refractivity (Wildman–Crippen MR) is 106 cm³/mol. The van der Waals surface area contributed by atoms with Crippen LogP contribution in [0, 0.1) is 0 Å². The van der Waals surface area contributed by atoms with Crippen LogP contribution in [0.4, 0.5) is 4.79 Å². The van der Waals surface area contributed by atoms with Crippen LogP contribution < -0.4 is 9.47 Å². The number of hydrogen-bond donors (Lipinski definition) is 0. The molecule has 1 aromatic rings. The van der Waals surface area contributed by atoms with Crippen LogP contribution in [0.2, 0.25) is 0 Å². The van der Waals surface area contributed by atoms with Gasteiger partial charge in [0, 0.05) is 0 Å². The van der Waals surface area contributed by atoms with Crippen molar-refractivity contribution >= 4 is 50.9 Å². The molecule has 1 atom stereocenters. The molecule has 0 N–H and O–H groups in total. The summed E-state index contributed by atoms with van der Waals surface area (Å²) in [5, 5.41) is -0.514. The summed E-state index contributed by atoms with van der Waals surface area (Å²) in [6, 6.07) is 3.49. The Balaban J connectivity index is 2.31. The van der Waals surface area contributed by atoms with Gasteiger partial charge in [-0.25, -0.2) is 0 Å². The number of hydrogen-bond acceptors (Lipinski definition) is 7. The van der Waals surface area contributed by atoms with Crippen molar-refractivity contribution in [3.63, 3.8) is 0 Å². The first-order valence-electron chi connectivity index (χ1n) is 8.17. The third kappa shape index (κ3) is 5.04. The number of methoxy groups -OCH3 is 2. The summed E-state index contributed by atoms with van der Waals surface area (Å²) >= 11 is 4.23. The van der Waals surface area contributed by atoms with E-state index >= 15 is 0 Å². The molecule has 1 aliphatic rings. The normalized spacial score (nSPS) is 16.6. The minimum Gasteiger partial charge on any atom is -0.493 e. The van der Waals surface area contributed by atoms with E-state index in [4.69, 9.17) is 9.47 Å². The van der Waals surface area contributed by atoms with Crippen LogP contribution in [0.1, 0.15) is 25.8 Å². The van der Waals surface area contributed by atoms with E-state index < -0.39 is 23.7 Å². The molecule has 1 saturated heterocycles. The average molecular weight is 458 g/mol. The average Bonchev–Trinajstić information content (AvgIpc) is 2.90.